The second-order valence-electron chi connectivity index (χ2n) is 6.30. The monoisotopic (exact) mass is 306 g/mol. The standard InChI is InChI=1S/C20H22N2O/c1-3-15-9-11-16(12-10-15)20-18-8-6-5-7-17(18)19(23)22(20)14-13-21(20)4-2/h5-12H,3-4,13-14H2,1-2H3. The molecule has 0 saturated carbocycles. The van der Waals surface area contributed by atoms with Gasteiger partial charge in [-0.25, -0.2) is 0 Å². The van der Waals surface area contributed by atoms with Crippen LogP contribution in [-0.2, 0) is 12.1 Å². The number of fused-ring (bicyclic) bond motifs is 3. The third-order valence-corrected chi connectivity index (χ3v) is 5.37. The van der Waals surface area contributed by atoms with Crippen molar-refractivity contribution >= 4 is 5.91 Å². The highest BCUT2D eigenvalue weighted by Crippen LogP contribution is 2.49. The Balaban J connectivity index is 1.97. The van der Waals surface area contributed by atoms with E-state index in [1.54, 1.807) is 0 Å². The van der Waals surface area contributed by atoms with E-state index in [4.69, 9.17) is 0 Å². The molecule has 2 aliphatic rings. The van der Waals surface area contributed by atoms with Crippen LogP contribution in [0.15, 0.2) is 48.5 Å². The number of rotatable bonds is 3. The maximum atomic E-state index is 12.9. The number of carbonyl (C=O) groups is 1. The SMILES string of the molecule is CCc1ccc(C23c4ccccc4C(=O)N2CCN3CC)cc1. The predicted octanol–water partition coefficient (Wildman–Crippen LogP) is 3.24. The minimum absolute atomic E-state index is 0.163. The van der Waals surface area contributed by atoms with Crippen LogP contribution in [0.4, 0.5) is 0 Å². The van der Waals surface area contributed by atoms with Crippen LogP contribution in [0.1, 0.15) is 40.9 Å². The Morgan fingerprint density at radius 3 is 2.43 bits per heavy atom. The van der Waals surface area contributed by atoms with Gasteiger partial charge in [0.15, 0.2) is 0 Å². The largest absolute Gasteiger partial charge is 0.311 e. The Hall–Kier alpha value is -2.13. The fourth-order valence-electron chi connectivity index (χ4n) is 4.25. The molecule has 1 fully saturated rings. The average Bonchev–Trinajstić information content (AvgIpc) is 3.11. The summed E-state index contributed by atoms with van der Waals surface area (Å²) < 4.78 is 0. The van der Waals surface area contributed by atoms with Gasteiger partial charge in [0.2, 0.25) is 0 Å². The van der Waals surface area contributed by atoms with Crippen LogP contribution in [0.25, 0.3) is 0 Å². The first-order valence-corrected chi connectivity index (χ1v) is 8.49. The van der Waals surface area contributed by atoms with Gasteiger partial charge in [-0.3, -0.25) is 9.69 Å². The molecule has 118 valence electrons. The van der Waals surface area contributed by atoms with Crippen LogP contribution < -0.4 is 0 Å². The second-order valence-corrected chi connectivity index (χ2v) is 6.30. The normalized spacial score (nSPS) is 23.2. The molecule has 0 aromatic heterocycles. The van der Waals surface area contributed by atoms with E-state index in [0.29, 0.717) is 0 Å². The molecule has 1 saturated heterocycles. The van der Waals surface area contributed by atoms with Crippen LogP contribution in [-0.4, -0.2) is 35.3 Å². The van der Waals surface area contributed by atoms with E-state index in [1.807, 2.05) is 18.2 Å². The zero-order valence-corrected chi connectivity index (χ0v) is 13.7. The van der Waals surface area contributed by atoms with Gasteiger partial charge < -0.3 is 4.90 Å². The number of benzene rings is 2. The van der Waals surface area contributed by atoms with Crippen LogP contribution in [0.2, 0.25) is 0 Å². The summed E-state index contributed by atoms with van der Waals surface area (Å²) in [7, 11) is 0. The molecular weight excluding hydrogens is 284 g/mol. The Morgan fingerprint density at radius 1 is 1.00 bits per heavy atom. The maximum absolute atomic E-state index is 12.9. The molecule has 2 aliphatic heterocycles. The third kappa shape index (κ3) is 1.77. The number of carbonyl (C=O) groups excluding carboxylic acids is 1. The van der Waals surface area contributed by atoms with Gasteiger partial charge in [-0.05, 0) is 30.2 Å². The van der Waals surface area contributed by atoms with Gasteiger partial charge in [0.1, 0.15) is 5.66 Å². The highest BCUT2D eigenvalue weighted by molar-refractivity contribution is 6.01. The van der Waals surface area contributed by atoms with E-state index < -0.39 is 5.66 Å². The molecule has 1 unspecified atom stereocenters. The molecule has 1 amide bonds. The maximum Gasteiger partial charge on any atom is 0.256 e. The van der Waals surface area contributed by atoms with Crippen LogP contribution >= 0.6 is 0 Å². The predicted molar refractivity (Wildman–Crippen MR) is 91.3 cm³/mol. The fourth-order valence-corrected chi connectivity index (χ4v) is 4.25. The first kappa shape index (κ1) is 14.5. The number of hydrogen-bond donors (Lipinski definition) is 0. The van der Waals surface area contributed by atoms with Gasteiger partial charge in [-0.2, -0.15) is 0 Å². The Labute approximate surface area is 137 Å². The molecule has 1 atom stereocenters. The topological polar surface area (TPSA) is 23.6 Å². The molecule has 0 aliphatic carbocycles. The minimum atomic E-state index is -0.422. The van der Waals surface area contributed by atoms with E-state index >= 15 is 0 Å². The van der Waals surface area contributed by atoms with Crippen LogP contribution in [0.5, 0.6) is 0 Å². The van der Waals surface area contributed by atoms with Crippen molar-refractivity contribution in [3.8, 4) is 0 Å². The van der Waals surface area contributed by atoms with Crippen molar-refractivity contribution in [1.29, 1.82) is 0 Å². The van der Waals surface area contributed by atoms with Gasteiger partial charge in [0.05, 0.1) is 0 Å². The van der Waals surface area contributed by atoms with E-state index in [0.717, 1.165) is 37.2 Å². The van der Waals surface area contributed by atoms with Crippen molar-refractivity contribution in [2.45, 2.75) is 25.9 Å². The Morgan fingerprint density at radius 2 is 1.74 bits per heavy atom. The summed E-state index contributed by atoms with van der Waals surface area (Å²) in [5.41, 5.74) is 4.09. The molecule has 2 aromatic carbocycles. The lowest BCUT2D eigenvalue weighted by Gasteiger charge is -2.40. The molecule has 3 heteroatoms. The number of aryl methyl sites for hydroxylation is 1. The summed E-state index contributed by atoms with van der Waals surface area (Å²) in [6.45, 7) is 6.98. The summed E-state index contributed by atoms with van der Waals surface area (Å²) in [5, 5.41) is 0. The zero-order valence-electron chi connectivity index (χ0n) is 13.7. The Bertz CT molecular complexity index is 752. The van der Waals surface area contributed by atoms with Gasteiger partial charge in [-0.1, -0.05) is 56.3 Å². The van der Waals surface area contributed by atoms with Crippen molar-refractivity contribution in [1.82, 2.24) is 9.80 Å². The van der Waals surface area contributed by atoms with Gasteiger partial charge >= 0.3 is 0 Å². The van der Waals surface area contributed by atoms with Crippen molar-refractivity contribution in [3.05, 3.63) is 70.8 Å². The van der Waals surface area contributed by atoms with E-state index in [1.165, 1.54) is 11.1 Å². The summed E-state index contributed by atoms with van der Waals surface area (Å²) in [5.74, 6) is 0.163. The summed E-state index contributed by atoms with van der Waals surface area (Å²) in [6, 6.07) is 16.9. The molecule has 0 N–H and O–H groups in total. The van der Waals surface area contributed by atoms with Crippen molar-refractivity contribution in [2.75, 3.05) is 19.6 Å². The highest BCUT2D eigenvalue weighted by atomic mass is 16.2. The summed E-state index contributed by atoms with van der Waals surface area (Å²) >= 11 is 0. The minimum Gasteiger partial charge on any atom is -0.311 e. The summed E-state index contributed by atoms with van der Waals surface area (Å²) in [6.07, 6.45) is 1.03. The molecule has 2 aromatic rings. The number of hydrogen-bond acceptors (Lipinski definition) is 2. The number of nitrogens with zero attached hydrogens (tertiary/aromatic N) is 2. The van der Waals surface area contributed by atoms with Gasteiger partial charge in [0.25, 0.3) is 5.91 Å². The third-order valence-electron chi connectivity index (χ3n) is 5.37. The smallest absolute Gasteiger partial charge is 0.256 e. The lowest BCUT2D eigenvalue weighted by Crippen LogP contribution is -2.49. The molecule has 0 bridgehead atoms. The van der Waals surface area contributed by atoms with E-state index in [2.05, 4.69) is 54.0 Å². The lowest BCUT2D eigenvalue weighted by molar-refractivity contribution is 0.0472. The van der Waals surface area contributed by atoms with Crippen molar-refractivity contribution < 1.29 is 4.79 Å². The molecule has 3 nitrogen and oxygen atoms in total. The molecule has 4 rings (SSSR count). The fraction of sp³-hybridized carbons (Fsp3) is 0.350. The lowest BCUT2D eigenvalue weighted by atomic mass is 9.89. The molecular formula is C20H22N2O. The van der Waals surface area contributed by atoms with E-state index in [9.17, 15) is 4.79 Å². The molecule has 0 radical (unpaired) electrons. The first-order valence-electron chi connectivity index (χ1n) is 8.49. The van der Waals surface area contributed by atoms with Crippen LogP contribution in [0.3, 0.4) is 0 Å². The van der Waals surface area contributed by atoms with Gasteiger partial charge in [-0.15, -0.1) is 0 Å². The zero-order chi connectivity index (χ0) is 16.0. The van der Waals surface area contributed by atoms with Gasteiger partial charge in [0, 0.05) is 24.2 Å². The molecule has 23 heavy (non-hydrogen) atoms. The quantitative estimate of drug-likeness (QED) is 0.869. The average molecular weight is 306 g/mol. The molecule has 2 heterocycles. The van der Waals surface area contributed by atoms with Crippen LogP contribution in [0, 0.1) is 0 Å². The Kier molecular flexibility index (Phi) is 3.27. The number of likely N-dealkylation sites (N-methyl/N-ethyl adjacent to an activating group) is 1. The van der Waals surface area contributed by atoms with E-state index in [-0.39, 0.29) is 5.91 Å². The summed E-state index contributed by atoms with van der Waals surface area (Å²) in [4.78, 5) is 17.4. The van der Waals surface area contributed by atoms with Crippen molar-refractivity contribution in [3.63, 3.8) is 0 Å². The first-order chi connectivity index (χ1) is 11.2. The number of amides is 1. The highest BCUT2D eigenvalue weighted by Gasteiger charge is 2.57. The molecule has 0 spiro atoms. The van der Waals surface area contributed by atoms with Crippen molar-refractivity contribution in [2.24, 2.45) is 0 Å². The second kappa shape index (κ2) is 5.20.